The zero-order valence-electron chi connectivity index (χ0n) is 7.49. The van der Waals surface area contributed by atoms with E-state index in [-0.39, 0.29) is 5.91 Å². The molecule has 0 spiro atoms. The fourth-order valence-electron chi connectivity index (χ4n) is 1.37. The topological polar surface area (TPSA) is 29.5 Å². The average molecular weight is 177 g/mol. The Balaban J connectivity index is 2.24. The number of ether oxygens (including phenoxy) is 1. The summed E-state index contributed by atoms with van der Waals surface area (Å²) < 4.78 is 5.07. The van der Waals surface area contributed by atoms with Crippen molar-refractivity contribution in [3.05, 3.63) is 24.3 Å². The maximum Gasteiger partial charge on any atom is 0.228 e. The van der Waals surface area contributed by atoms with Gasteiger partial charge in [-0.15, -0.1) is 0 Å². The highest BCUT2D eigenvalue weighted by Gasteiger charge is 2.24. The number of nitrogens with zero attached hydrogens (tertiary/aromatic N) is 1. The van der Waals surface area contributed by atoms with Crippen LogP contribution in [-0.4, -0.2) is 19.6 Å². The zero-order valence-corrected chi connectivity index (χ0v) is 7.49. The van der Waals surface area contributed by atoms with Crippen LogP contribution in [0.2, 0.25) is 0 Å². The van der Waals surface area contributed by atoms with Crippen LogP contribution < -0.4 is 9.64 Å². The monoisotopic (exact) mass is 177 g/mol. The molecule has 2 rings (SSSR count). The number of hydrogen-bond donors (Lipinski definition) is 0. The third-order valence-corrected chi connectivity index (χ3v) is 2.22. The molecular formula is C10H11NO2. The van der Waals surface area contributed by atoms with Crippen LogP contribution in [0.25, 0.3) is 0 Å². The molecule has 1 saturated heterocycles. The summed E-state index contributed by atoms with van der Waals surface area (Å²) in [6, 6.07) is 7.55. The van der Waals surface area contributed by atoms with E-state index in [0.717, 1.165) is 18.0 Å². The molecule has 1 aliphatic rings. The molecular weight excluding hydrogens is 166 g/mol. The Bertz CT molecular complexity index is 335. The lowest BCUT2D eigenvalue weighted by atomic mass is 10.1. The molecule has 3 heteroatoms. The van der Waals surface area contributed by atoms with Crippen molar-refractivity contribution in [2.24, 2.45) is 0 Å². The van der Waals surface area contributed by atoms with Crippen molar-refractivity contribution in [3.8, 4) is 5.75 Å². The minimum atomic E-state index is 0.188. The van der Waals surface area contributed by atoms with Gasteiger partial charge in [0.15, 0.2) is 0 Å². The van der Waals surface area contributed by atoms with E-state index in [1.165, 1.54) is 0 Å². The van der Waals surface area contributed by atoms with Crippen LogP contribution in [-0.2, 0) is 4.79 Å². The Morgan fingerprint density at radius 2 is 2.31 bits per heavy atom. The molecule has 1 amide bonds. The van der Waals surface area contributed by atoms with Gasteiger partial charge in [-0.2, -0.15) is 0 Å². The maximum absolute atomic E-state index is 11.1. The highest BCUT2D eigenvalue weighted by atomic mass is 16.5. The number of carbonyl (C=O) groups excluding carboxylic acids is 1. The SMILES string of the molecule is COc1cccc(N2CCC2=O)c1. The summed E-state index contributed by atoms with van der Waals surface area (Å²) in [4.78, 5) is 12.9. The van der Waals surface area contributed by atoms with Gasteiger partial charge >= 0.3 is 0 Å². The second-order valence-electron chi connectivity index (χ2n) is 3.00. The van der Waals surface area contributed by atoms with E-state index in [9.17, 15) is 4.79 Å². The smallest absolute Gasteiger partial charge is 0.228 e. The van der Waals surface area contributed by atoms with Gasteiger partial charge in [-0.05, 0) is 12.1 Å². The van der Waals surface area contributed by atoms with Gasteiger partial charge in [-0.25, -0.2) is 0 Å². The number of β-lactam (4-membered cyclic amide) rings is 1. The van der Waals surface area contributed by atoms with E-state index >= 15 is 0 Å². The predicted octanol–water partition coefficient (Wildman–Crippen LogP) is 1.43. The van der Waals surface area contributed by atoms with Gasteiger partial charge in [0, 0.05) is 24.7 Å². The van der Waals surface area contributed by atoms with Crippen LogP contribution in [0, 0.1) is 0 Å². The number of methoxy groups -OCH3 is 1. The number of anilines is 1. The lowest BCUT2D eigenvalue weighted by molar-refractivity contribution is -0.122. The molecule has 0 radical (unpaired) electrons. The molecule has 1 fully saturated rings. The van der Waals surface area contributed by atoms with Gasteiger partial charge in [0.25, 0.3) is 0 Å². The normalized spacial score (nSPS) is 15.5. The summed E-state index contributed by atoms with van der Waals surface area (Å²) in [5.74, 6) is 0.977. The second-order valence-corrected chi connectivity index (χ2v) is 3.00. The molecule has 1 aromatic carbocycles. The van der Waals surface area contributed by atoms with Gasteiger partial charge in [-0.3, -0.25) is 4.79 Å². The van der Waals surface area contributed by atoms with Gasteiger partial charge in [0.2, 0.25) is 5.91 Å². The molecule has 13 heavy (non-hydrogen) atoms. The van der Waals surface area contributed by atoms with Gasteiger partial charge < -0.3 is 9.64 Å². The van der Waals surface area contributed by atoms with E-state index in [1.807, 2.05) is 24.3 Å². The van der Waals surface area contributed by atoms with Gasteiger partial charge in [-0.1, -0.05) is 6.07 Å². The van der Waals surface area contributed by atoms with E-state index in [2.05, 4.69) is 0 Å². The Kier molecular flexibility index (Phi) is 1.93. The number of amides is 1. The molecule has 0 atom stereocenters. The quantitative estimate of drug-likeness (QED) is 0.639. The number of carbonyl (C=O) groups is 1. The van der Waals surface area contributed by atoms with Crippen molar-refractivity contribution in [2.75, 3.05) is 18.6 Å². The highest BCUT2D eigenvalue weighted by Crippen LogP contribution is 2.25. The number of benzene rings is 1. The standard InChI is InChI=1S/C10H11NO2/c1-13-9-4-2-3-8(7-9)11-6-5-10(11)12/h2-4,7H,5-6H2,1H3. The molecule has 3 nitrogen and oxygen atoms in total. The van der Waals surface area contributed by atoms with Crippen LogP contribution >= 0.6 is 0 Å². The third-order valence-electron chi connectivity index (χ3n) is 2.22. The van der Waals surface area contributed by atoms with Crippen LogP contribution in [0.5, 0.6) is 5.75 Å². The Labute approximate surface area is 76.9 Å². The Morgan fingerprint density at radius 1 is 1.46 bits per heavy atom. The largest absolute Gasteiger partial charge is 0.497 e. The molecule has 0 saturated carbocycles. The maximum atomic E-state index is 11.1. The molecule has 0 aromatic heterocycles. The summed E-state index contributed by atoms with van der Waals surface area (Å²) >= 11 is 0. The number of hydrogen-bond acceptors (Lipinski definition) is 2. The molecule has 0 bridgehead atoms. The predicted molar refractivity (Wildman–Crippen MR) is 50.0 cm³/mol. The molecule has 1 heterocycles. The summed E-state index contributed by atoms with van der Waals surface area (Å²) in [5, 5.41) is 0. The summed E-state index contributed by atoms with van der Waals surface area (Å²) in [7, 11) is 1.62. The van der Waals surface area contributed by atoms with Crippen molar-refractivity contribution < 1.29 is 9.53 Å². The first kappa shape index (κ1) is 8.10. The van der Waals surface area contributed by atoms with E-state index in [4.69, 9.17) is 4.74 Å². The van der Waals surface area contributed by atoms with Gasteiger partial charge in [0.1, 0.15) is 5.75 Å². The third kappa shape index (κ3) is 1.37. The first-order chi connectivity index (χ1) is 6.31. The van der Waals surface area contributed by atoms with E-state index < -0.39 is 0 Å². The van der Waals surface area contributed by atoms with Crippen molar-refractivity contribution in [1.82, 2.24) is 0 Å². The molecule has 68 valence electrons. The molecule has 1 aromatic rings. The molecule has 0 unspecified atom stereocenters. The van der Waals surface area contributed by atoms with Crippen LogP contribution in [0.3, 0.4) is 0 Å². The first-order valence-electron chi connectivity index (χ1n) is 4.25. The van der Waals surface area contributed by atoms with E-state index in [1.54, 1.807) is 12.0 Å². The summed E-state index contributed by atoms with van der Waals surface area (Å²) in [6.07, 6.45) is 0.664. The number of rotatable bonds is 2. The fourth-order valence-corrected chi connectivity index (χ4v) is 1.37. The Hall–Kier alpha value is -1.51. The van der Waals surface area contributed by atoms with Crippen molar-refractivity contribution in [1.29, 1.82) is 0 Å². The minimum absolute atomic E-state index is 0.188. The second kappa shape index (κ2) is 3.09. The highest BCUT2D eigenvalue weighted by molar-refractivity contribution is 5.99. The molecule has 0 N–H and O–H groups in total. The molecule has 1 aliphatic heterocycles. The van der Waals surface area contributed by atoms with Crippen LogP contribution in [0.4, 0.5) is 5.69 Å². The van der Waals surface area contributed by atoms with Crippen LogP contribution in [0.15, 0.2) is 24.3 Å². The minimum Gasteiger partial charge on any atom is -0.497 e. The molecule has 0 aliphatic carbocycles. The lowest BCUT2D eigenvalue weighted by Gasteiger charge is -2.30. The van der Waals surface area contributed by atoms with Crippen molar-refractivity contribution in [2.45, 2.75) is 6.42 Å². The fraction of sp³-hybridized carbons (Fsp3) is 0.300. The van der Waals surface area contributed by atoms with Crippen LogP contribution in [0.1, 0.15) is 6.42 Å². The van der Waals surface area contributed by atoms with Crippen molar-refractivity contribution in [3.63, 3.8) is 0 Å². The first-order valence-corrected chi connectivity index (χ1v) is 4.25. The van der Waals surface area contributed by atoms with E-state index in [0.29, 0.717) is 6.42 Å². The Morgan fingerprint density at radius 3 is 2.85 bits per heavy atom. The average Bonchev–Trinajstić information content (AvgIpc) is 2.16. The lowest BCUT2D eigenvalue weighted by Crippen LogP contribution is -2.43. The van der Waals surface area contributed by atoms with Gasteiger partial charge in [0.05, 0.1) is 7.11 Å². The summed E-state index contributed by atoms with van der Waals surface area (Å²) in [6.45, 7) is 0.825. The summed E-state index contributed by atoms with van der Waals surface area (Å²) in [5.41, 5.74) is 0.926. The van der Waals surface area contributed by atoms with Crippen molar-refractivity contribution >= 4 is 11.6 Å². The zero-order chi connectivity index (χ0) is 9.26.